The van der Waals surface area contributed by atoms with Gasteiger partial charge in [0.05, 0.1) is 19.8 Å². The van der Waals surface area contributed by atoms with Gasteiger partial charge < -0.3 is 64.7 Å². The first kappa shape index (κ1) is 56.0. The molecule has 19 nitrogen and oxygen atoms in total. The molecule has 2 saturated heterocycles. The highest BCUT2D eigenvalue weighted by Gasteiger charge is 2.52. The van der Waals surface area contributed by atoms with Crippen molar-refractivity contribution in [2.45, 2.75) is 174 Å². The Balaban J connectivity index is 1.92. The molecule has 2 amide bonds. The summed E-state index contributed by atoms with van der Waals surface area (Å²) in [5, 5.41) is 56.6. The van der Waals surface area contributed by atoms with Crippen LogP contribution in [0.1, 0.15) is 113 Å². The average molecular weight is 925 g/mol. The maximum absolute atomic E-state index is 12.9. The molecule has 2 rings (SSSR count). The molecular weight excluding hydrogens is 854 g/mol. The Labute approximate surface area is 365 Å². The van der Waals surface area contributed by atoms with Crippen molar-refractivity contribution in [3.05, 3.63) is 46.6 Å². The fourth-order valence-corrected chi connectivity index (χ4v) is 8.95. The van der Waals surface area contributed by atoms with Crippen LogP contribution in [-0.4, -0.2) is 118 Å². The topological polar surface area (TPSA) is 295 Å². The lowest BCUT2D eigenvalue weighted by atomic mass is 9.94. The van der Waals surface area contributed by atoms with Crippen LogP contribution in [0.2, 0.25) is 0 Å². The predicted molar refractivity (Wildman–Crippen MR) is 224 cm³/mol. The van der Waals surface area contributed by atoms with E-state index in [9.17, 15) is 54.0 Å². The van der Waals surface area contributed by atoms with Gasteiger partial charge in [-0.1, -0.05) is 53.5 Å². The summed E-state index contributed by atoms with van der Waals surface area (Å²) in [7, 11) is -11.4. The normalized spacial score (nSPS) is 29.9. The van der Waals surface area contributed by atoms with Crippen molar-refractivity contribution in [2.24, 2.45) is 5.92 Å². The molecule has 62 heavy (non-hydrogen) atoms. The Morgan fingerprint density at radius 2 is 1.16 bits per heavy atom. The molecule has 2 heterocycles. The van der Waals surface area contributed by atoms with E-state index < -0.39 is 109 Å². The zero-order valence-corrected chi connectivity index (χ0v) is 39.0. The van der Waals surface area contributed by atoms with Crippen LogP contribution in [0.3, 0.4) is 0 Å². The number of ether oxygens (including phenoxy) is 3. The molecule has 2 aliphatic heterocycles. The van der Waals surface area contributed by atoms with Crippen molar-refractivity contribution in [3.63, 3.8) is 0 Å². The molecule has 0 radical (unpaired) electrons. The third kappa shape index (κ3) is 20.3. The van der Waals surface area contributed by atoms with Gasteiger partial charge in [-0.05, 0) is 98.3 Å². The minimum Gasteiger partial charge on any atom is -0.756 e. The zero-order chi connectivity index (χ0) is 46.8. The number of rotatable bonds is 26. The Morgan fingerprint density at radius 1 is 0.677 bits per heavy atom. The number of nitrogens with one attached hydrogen (secondary N) is 2. The van der Waals surface area contributed by atoms with Crippen LogP contribution in [0.4, 0.5) is 0 Å². The first-order valence-corrected chi connectivity index (χ1v) is 23.9. The summed E-state index contributed by atoms with van der Waals surface area (Å²) >= 11 is 0. The van der Waals surface area contributed by atoms with Crippen molar-refractivity contribution in [1.29, 1.82) is 0 Å². The highest BCUT2D eigenvalue weighted by Crippen LogP contribution is 2.57. The van der Waals surface area contributed by atoms with Gasteiger partial charge in [-0.15, -0.1) is 0 Å². The van der Waals surface area contributed by atoms with E-state index in [0.29, 0.717) is 0 Å². The van der Waals surface area contributed by atoms with Crippen molar-refractivity contribution < 1.29 is 81.6 Å². The smallest absolute Gasteiger partial charge is 0.276 e. The maximum atomic E-state index is 12.9. The number of carbonyl (C=O) groups is 2. The number of phosphoric ester groups is 2. The van der Waals surface area contributed by atoms with Crippen molar-refractivity contribution >= 4 is 27.5 Å². The van der Waals surface area contributed by atoms with Gasteiger partial charge in [-0.25, -0.2) is 4.31 Å². The first-order valence-electron chi connectivity index (χ1n) is 21.0. The summed E-state index contributed by atoms with van der Waals surface area (Å²) in [5.74, 6) is -1.52. The number of hydrogen-bond donors (Lipinski definition) is 7. The van der Waals surface area contributed by atoms with Crippen molar-refractivity contribution in [1.82, 2.24) is 10.6 Å². The molecule has 0 saturated carbocycles. The second kappa shape index (κ2) is 27.3. The van der Waals surface area contributed by atoms with Gasteiger partial charge in [0, 0.05) is 13.8 Å². The number of hydrogen-bond acceptors (Lipinski definition) is 17. The second-order valence-electron chi connectivity index (χ2n) is 16.4. The first-order chi connectivity index (χ1) is 29.0. The molecule has 0 spiro atoms. The number of aliphatic hydroxyl groups is 5. The molecule has 3 unspecified atom stereocenters. The van der Waals surface area contributed by atoms with E-state index in [0.717, 1.165) is 65.2 Å². The summed E-state index contributed by atoms with van der Waals surface area (Å²) in [6.45, 7) is 12.4. The van der Waals surface area contributed by atoms with Crippen LogP contribution in [0.25, 0.3) is 0 Å². The molecular formula is C41H70N2O17P2-2. The van der Waals surface area contributed by atoms with Gasteiger partial charge in [0.15, 0.2) is 12.6 Å². The Hall–Kier alpha value is -2.16. The molecule has 21 heteroatoms. The molecule has 0 aromatic heterocycles. The summed E-state index contributed by atoms with van der Waals surface area (Å²) in [6, 6.07) is -3.31. The standard InChI is InChI=1S/C41H72N2O17P2/c1-25(2)13-9-14-26(3)15-10-16-27(4)17-11-18-28(5)19-12-20-29(6)21-22-55-61(51,52)60-62(53,54)59-41-35(43-31(8)47)38(50)39(33(24-45)57-41)58-40-34(42-30(7)46)37(49)36(48)32(23-44)56-40/h13,15,17,19,29,32-41,44-45,48-50H,9-12,14,16,18,20-24H2,1-8H3,(H,42,46)(H,43,47)(H,51,52)(H,53,54)/p-2/b26-15+,27-17+,28-19-/t29?,32-,33-,34-,35-,36-,37-,38-,39-,40+,41-/m1/s1. The summed E-state index contributed by atoms with van der Waals surface area (Å²) in [4.78, 5) is 49.4. The Morgan fingerprint density at radius 3 is 1.66 bits per heavy atom. The summed E-state index contributed by atoms with van der Waals surface area (Å²) in [5.41, 5.74) is 5.36. The van der Waals surface area contributed by atoms with Crippen LogP contribution in [0.15, 0.2) is 46.6 Å². The number of amides is 2. The highest BCUT2D eigenvalue weighted by atomic mass is 31.3. The van der Waals surface area contributed by atoms with Gasteiger partial charge in [0.25, 0.3) is 15.6 Å². The lowest BCUT2D eigenvalue weighted by Crippen LogP contribution is -2.69. The molecule has 0 aromatic carbocycles. The Kier molecular flexibility index (Phi) is 24.7. The van der Waals surface area contributed by atoms with E-state index in [1.807, 2.05) is 6.92 Å². The van der Waals surface area contributed by atoms with Crippen molar-refractivity contribution in [3.8, 4) is 0 Å². The molecule has 0 bridgehead atoms. The molecule has 7 N–H and O–H groups in total. The Bertz CT molecular complexity index is 1640. The van der Waals surface area contributed by atoms with E-state index in [2.05, 4.69) is 73.9 Å². The second-order valence-corrected chi connectivity index (χ2v) is 19.3. The van der Waals surface area contributed by atoms with Gasteiger partial charge in [-0.2, -0.15) is 0 Å². The summed E-state index contributed by atoms with van der Waals surface area (Å²) in [6.07, 6.45) is 2.63. The third-order valence-corrected chi connectivity index (χ3v) is 12.9. The monoisotopic (exact) mass is 924 g/mol. The van der Waals surface area contributed by atoms with Gasteiger partial charge in [0.1, 0.15) is 48.7 Å². The van der Waals surface area contributed by atoms with Crippen molar-refractivity contribution in [2.75, 3.05) is 19.8 Å². The van der Waals surface area contributed by atoms with E-state index in [4.69, 9.17) is 23.3 Å². The molecule has 358 valence electrons. The molecule has 0 aromatic rings. The average Bonchev–Trinajstić information content (AvgIpc) is 3.15. The van der Waals surface area contributed by atoms with Gasteiger partial charge >= 0.3 is 0 Å². The van der Waals surface area contributed by atoms with E-state index >= 15 is 0 Å². The summed E-state index contributed by atoms with van der Waals surface area (Å²) < 4.78 is 56.2. The highest BCUT2D eigenvalue weighted by molar-refractivity contribution is 7.59. The largest absolute Gasteiger partial charge is 0.756 e. The minimum atomic E-state index is -5.90. The van der Waals surface area contributed by atoms with E-state index in [1.165, 1.54) is 22.3 Å². The molecule has 0 aliphatic carbocycles. The molecule has 2 fully saturated rings. The van der Waals surface area contributed by atoms with Gasteiger partial charge in [0.2, 0.25) is 11.8 Å². The maximum Gasteiger partial charge on any atom is 0.276 e. The van der Waals surface area contributed by atoms with Crippen LogP contribution < -0.4 is 20.4 Å². The van der Waals surface area contributed by atoms with E-state index in [1.54, 1.807) is 0 Å². The zero-order valence-electron chi connectivity index (χ0n) is 37.2. The lowest BCUT2D eigenvalue weighted by Gasteiger charge is -2.48. The lowest BCUT2D eigenvalue weighted by molar-refractivity contribution is -0.331. The number of phosphoric acid groups is 2. The molecule has 2 aliphatic rings. The van der Waals surface area contributed by atoms with Crippen LogP contribution in [0, 0.1) is 5.92 Å². The third-order valence-electron chi connectivity index (χ3n) is 10.4. The fraction of sp³-hybridized carbons (Fsp3) is 0.756. The van der Waals surface area contributed by atoms with Crippen LogP contribution in [0.5, 0.6) is 0 Å². The number of aliphatic hydroxyl groups excluding tert-OH is 5. The predicted octanol–water partition coefficient (Wildman–Crippen LogP) is 2.84. The fourth-order valence-electron chi connectivity index (χ4n) is 6.86. The number of allylic oxidation sites excluding steroid dienone is 8. The van der Waals surface area contributed by atoms with Crippen LogP contribution in [-0.2, 0) is 46.3 Å². The van der Waals surface area contributed by atoms with Crippen LogP contribution >= 0.6 is 15.6 Å². The number of carbonyl (C=O) groups excluding carboxylic acids is 2. The van der Waals surface area contributed by atoms with E-state index in [-0.39, 0.29) is 12.3 Å². The van der Waals surface area contributed by atoms with Gasteiger partial charge in [-0.3, -0.25) is 23.2 Å². The molecule has 13 atom stereocenters. The quantitative estimate of drug-likeness (QED) is 0.0485. The minimum absolute atomic E-state index is 0.00605. The SMILES string of the molecule is CC(=O)N[C@H]1[C@@H](OP(=O)([O-])OP(=O)([O-])OCCC(C)CC/C=C(/C)CC/C=C(\C)CC/C=C(\C)CCC=C(C)C)O[C@H](CO)[C@@H](O[C@@H]2O[C@H](CO)[C@@H](O)[C@H](O)[C@H]2NC(C)=O)[C@@H]1O.